The van der Waals surface area contributed by atoms with Crippen LogP contribution in [0.3, 0.4) is 0 Å². The number of aromatic nitrogens is 2. The molecule has 0 atom stereocenters. The zero-order chi connectivity index (χ0) is 20.1. The number of imidazole rings is 1. The Kier molecular flexibility index (Phi) is 5.76. The molecule has 1 amide bonds. The van der Waals surface area contributed by atoms with Gasteiger partial charge in [-0.05, 0) is 29.8 Å². The van der Waals surface area contributed by atoms with Crippen LogP contribution in [-0.2, 0) is 6.54 Å². The van der Waals surface area contributed by atoms with Gasteiger partial charge in [-0.15, -0.1) is 0 Å². The third kappa shape index (κ3) is 4.57. The second-order valence-electron chi connectivity index (χ2n) is 6.94. The predicted octanol–water partition coefficient (Wildman–Crippen LogP) is 2.93. The summed E-state index contributed by atoms with van der Waals surface area (Å²) in [5.74, 6) is 0.769. The third-order valence-corrected chi connectivity index (χ3v) is 5.05. The van der Waals surface area contributed by atoms with Gasteiger partial charge in [-0.3, -0.25) is 4.90 Å². The Morgan fingerprint density at radius 2 is 1.72 bits per heavy atom. The number of hydrogen-bond acceptors (Lipinski definition) is 5. The van der Waals surface area contributed by atoms with Crippen molar-refractivity contribution in [1.82, 2.24) is 19.5 Å². The van der Waals surface area contributed by atoms with Crippen LogP contribution < -0.4 is 9.57 Å². The normalized spacial score (nSPS) is 14.6. The maximum Gasteiger partial charge on any atom is 0.434 e. The van der Waals surface area contributed by atoms with Gasteiger partial charge in [0.05, 0.1) is 13.3 Å². The van der Waals surface area contributed by atoms with Crippen LogP contribution in [0.15, 0.2) is 67.1 Å². The Balaban J connectivity index is 1.34. The number of nitrogens with zero attached hydrogens (tertiary/aromatic N) is 4. The van der Waals surface area contributed by atoms with Crippen LogP contribution in [0.5, 0.6) is 5.75 Å². The Hall–Kier alpha value is -3.32. The molecule has 3 aromatic rings. The average Bonchev–Trinajstić information content (AvgIpc) is 3.23. The molecule has 2 aromatic carbocycles. The molecular weight excluding hydrogens is 368 g/mol. The summed E-state index contributed by atoms with van der Waals surface area (Å²) in [6.45, 7) is 3.81. The Labute approximate surface area is 170 Å². The van der Waals surface area contributed by atoms with Crippen molar-refractivity contribution in [2.45, 2.75) is 6.54 Å². The Morgan fingerprint density at radius 3 is 2.41 bits per heavy atom. The van der Waals surface area contributed by atoms with E-state index in [4.69, 9.17) is 9.57 Å². The molecule has 0 unspecified atom stereocenters. The topological polar surface area (TPSA) is 59.8 Å². The average molecular weight is 392 g/mol. The highest BCUT2D eigenvalue weighted by Gasteiger charge is 2.23. The highest BCUT2D eigenvalue weighted by atomic mass is 16.7. The lowest BCUT2D eigenvalue weighted by atomic mass is 10.2. The molecule has 1 saturated heterocycles. The van der Waals surface area contributed by atoms with E-state index in [-0.39, 0.29) is 6.09 Å². The van der Waals surface area contributed by atoms with Gasteiger partial charge in [-0.25, -0.2) is 9.78 Å². The Morgan fingerprint density at radius 1 is 1.00 bits per heavy atom. The molecule has 0 N–H and O–H groups in total. The minimum atomic E-state index is -0.364. The van der Waals surface area contributed by atoms with Crippen LogP contribution in [0.4, 0.5) is 4.79 Å². The molecule has 2 heterocycles. The van der Waals surface area contributed by atoms with E-state index < -0.39 is 0 Å². The lowest BCUT2D eigenvalue weighted by Gasteiger charge is -2.33. The molecule has 1 aliphatic rings. The fourth-order valence-electron chi connectivity index (χ4n) is 3.39. The van der Waals surface area contributed by atoms with Gasteiger partial charge >= 0.3 is 6.09 Å². The largest absolute Gasteiger partial charge is 0.497 e. The number of rotatable bonds is 5. The minimum Gasteiger partial charge on any atom is -0.497 e. The number of methoxy groups -OCH3 is 1. The van der Waals surface area contributed by atoms with Crippen molar-refractivity contribution in [1.29, 1.82) is 0 Å². The predicted molar refractivity (Wildman–Crippen MR) is 109 cm³/mol. The van der Waals surface area contributed by atoms with Gasteiger partial charge in [0.2, 0.25) is 0 Å². The molecule has 4 rings (SSSR count). The van der Waals surface area contributed by atoms with Crippen LogP contribution in [0.25, 0.3) is 11.3 Å². The molecule has 7 heteroatoms. The molecular formula is C22H24N4O3. The maximum absolute atomic E-state index is 12.6. The van der Waals surface area contributed by atoms with Crippen LogP contribution in [0.2, 0.25) is 0 Å². The van der Waals surface area contributed by atoms with Crippen molar-refractivity contribution in [2.75, 3.05) is 33.3 Å². The second kappa shape index (κ2) is 8.79. The summed E-state index contributed by atoms with van der Waals surface area (Å²) in [4.78, 5) is 26.4. The molecule has 0 radical (unpaired) electrons. The zero-order valence-corrected chi connectivity index (χ0v) is 16.4. The van der Waals surface area contributed by atoms with Gasteiger partial charge in [0, 0.05) is 38.3 Å². The van der Waals surface area contributed by atoms with Crippen molar-refractivity contribution in [2.24, 2.45) is 0 Å². The summed E-state index contributed by atoms with van der Waals surface area (Å²) in [5.41, 5.74) is 2.89. The molecule has 150 valence electrons. The summed E-state index contributed by atoms with van der Waals surface area (Å²) in [5, 5.41) is 0. The first-order chi connectivity index (χ1) is 14.2. The van der Waals surface area contributed by atoms with Crippen molar-refractivity contribution in [3.63, 3.8) is 0 Å². The van der Waals surface area contributed by atoms with Crippen molar-refractivity contribution < 1.29 is 14.4 Å². The molecule has 0 bridgehead atoms. The molecule has 7 nitrogen and oxygen atoms in total. The first-order valence-electron chi connectivity index (χ1n) is 9.63. The minimum absolute atomic E-state index is 0.364. The van der Waals surface area contributed by atoms with E-state index in [1.807, 2.05) is 30.3 Å². The summed E-state index contributed by atoms with van der Waals surface area (Å²) in [6, 6.07) is 17.9. The van der Waals surface area contributed by atoms with Crippen LogP contribution in [0, 0.1) is 0 Å². The fourth-order valence-corrected chi connectivity index (χ4v) is 3.39. The van der Waals surface area contributed by atoms with Crippen molar-refractivity contribution in [3.8, 4) is 17.0 Å². The highest BCUT2D eigenvalue weighted by molar-refractivity contribution is 5.69. The molecule has 0 aliphatic carbocycles. The quantitative estimate of drug-likeness (QED) is 0.668. The van der Waals surface area contributed by atoms with Gasteiger partial charge in [0.1, 0.15) is 17.8 Å². The van der Waals surface area contributed by atoms with E-state index >= 15 is 0 Å². The molecule has 1 aliphatic heterocycles. The van der Waals surface area contributed by atoms with E-state index in [0.29, 0.717) is 18.8 Å². The van der Waals surface area contributed by atoms with Gasteiger partial charge < -0.3 is 14.5 Å². The molecule has 1 aromatic heterocycles. The number of amides is 1. The lowest BCUT2D eigenvalue weighted by Crippen LogP contribution is -2.50. The van der Waals surface area contributed by atoms with Crippen LogP contribution in [-0.4, -0.2) is 58.9 Å². The maximum atomic E-state index is 12.6. The van der Waals surface area contributed by atoms with Gasteiger partial charge in [0.15, 0.2) is 0 Å². The number of carbonyl (C=O) groups excluding carboxylic acids is 1. The van der Waals surface area contributed by atoms with Gasteiger partial charge in [-0.1, -0.05) is 30.3 Å². The fraction of sp³-hybridized carbons (Fsp3) is 0.273. The van der Waals surface area contributed by atoms with Gasteiger partial charge in [-0.2, -0.15) is 4.73 Å². The lowest BCUT2D eigenvalue weighted by molar-refractivity contribution is 0.0688. The summed E-state index contributed by atoms with van der Waals surface area (Å²) < 4.78 is 6.61. The summed E-state index contributed by atoms with van der Waals surface area (Å²) >= 11 is 0. The monoisotopic (exact) mass is 392 g/mol. The van der Waals surface area contributed by atoms with E-state index in [0.717, 1.165) is 30.9 Å². The smallest absolute Gasteiger partial charge is 0.434 e. The first-order valence-corrected chi connectivity index (χ1v) is 9.63. The van der Waals surface area contributed by atoms with Crippen LogP contribution in [0.1, 0.15) is 5.56 Å². The SMILES string of the molecule is COc1ccc(-c2cncn2OC(=O)N2CCN(Cc3ccccc3)CC2)cc1. The molecule has 29 heavy (non-hydrogen) atoms. The Bertz CT molecular complexity index is 932. The van der Waals surface area contributed by atoms with E-state index in [2.05, 4.69) is 34.1 Å². The standard InChI is InChI=1S/C22H24N4O3/c1-28-20-9-7-19(8-10-20)21-15-23-17-26(21)29-22(27)25-13-11-24(12-14-25)16-18-5-3-2-4-6-18/h2-10,15,17H,11-14,16H2,1H3. The number of piperazine rings is 1. The summed E-state index contributed by atoms with van der Waals surface area (Å²) in [7, 11) is 1.63. The summed E-state index contributed by atoms with van der Waals surface area (Å²) in [6.07, 6.45) is 2.81. The van der Waals surface area contributed by atoms with E-state index in [9.17, 15) is 4.79 Å². The number of hydrogen-bond donors (Lipinski definition) is 0. The molecule has 0 saturated carbocycles. The number of carbonyl (C=O) groups is 1. The third-order valence-electron chi connectivity index (χ3n) is 5.05. The van der Waals surface area contributed by atoms with Crippen LogP contribution >= 0.6 is 0 Å². The first kappa shape index (κ1) is 19.0. The number of benzene rings is 2. The number of ether oxygens (including phenoxy) is 1. The molecule has 0 spiro atoms. The van der Waals surface area contributed by atoms with E-state index in [1.165, 1.54) is 16.6 Å². The zero-order valence-electron chi connectivity index (χ0n) is 16.4. The molecule has 1 fully saturated rings. The van der Waals surface area contributed by atoms with Gasteiger partial charge in [0.25, 0.3) is 0 Å². The van der Waals surface area contributed by atoms with Crippen molar-refractivity contribution >= 4 is 6.09 Å². The van der Waals surface area contributed by atoms with Crippen molar-refractivity contribution in [3.05, 3.63) is 72.7 Å². The highest BCUT2D eigenvalue weighted by Crippen LogP contribution is 2.21. The second-order valence-corrected chi connectivity index (χ2v) is 6.94. The van der Waals surface area contributed by atoms with E-state index in [1.54, 1.807) is 18.2 Å².